The molecule has 1 aromatic carbocycles. The first kappa shape index (κ1) is 23.7. The summed E-state index contributed by atoms with van der Waals surface area (Å²) in [5.74, 6) is -0.452. The number of nitrogens with zero attached hydrogens (tertiary/aromatic N) is 1. The highest BCUT2D eigenvalue weighted by Gasteiger charge is 2.29. The number of likely N-dealkylation sites (tertiary alicyclic amines) is 1. The Bertz CT molecular complexity index is 734. The molecule has 0 spiro atoms. The Balaban J connectivity index is 1.82. The number of esters is 1. The lowest BCUT2D eigenvalue weighted by Gasteiger charge is -2.38. The van der Waals surface area contributed by atoms with E-state index < -0.39 is 5.97 Å². The van der Waals surface area contributed by atoms with Gasteiger partial charge in [-0.05, 0) is 77.6 Å². The fourth-order valence-electron chi connectivity index (χ4n) is 3.54. The van der Waals surface area contributed by atoms with E-state index in [4.69, 9.17) is 9.47 Å². The predicted octanol–water partition coefficient (Wildman–Crippen LogP) is 3.32. The molecule has 7 heteroatoms. The molecule has 2 unspecified atom stereocenters. The van der Waals surface area contributed by atoms with Gasteiger partial charge in [-0.25, -0.2) is 4.79 Å². The normalized spacial score (nSPS) is 19.2. The molecule has 1 fully saturated rings. The zero-order chi connectivity index (χ0) is 22.3. The molecular weight excluding hydrogens is 384 g/mol. The van der Waals surface area contributed by atoms with Crippen LogP contribution in [0.1, 0.15) is 70.7 Å². The minimum atomic E-state index is -0.585. The highest BCUT2D eigenvalue weighted by atomic mass is 16.5. The molecule has 0 saturated carbocycles. The molecule has 7 nitrogen and oxygen atoms in total. The molecule has 0 bridgehead atoms. The van der Waals surface area contributed by atoms with Crippen molar-refractivity contribution >= 4 is 17.8 Å². The third-order valence-electron chi connectivity index (χ3n) is 5.63. The van der Waals surface area contributed by atoms with Gasteiger partial charge >= 0.3 is 5.97 Å². The molecule has 0 aromatic heterocycles. The van der Waals surface area contributed by atoms with E-state index in [2.05, 4.69) is 19.2 Å². The van der Waals surface area contributed by atoms with Crippen molar-refractivity contribution in [1.82, 2.24) is 10.2 Å². The topological polar surface area (TPSA) is 84.9 Å². The van der Waals surface area contributed by atoms with Gasteiger partial charge in [0.05, 0.1) is 5.56 Å². The van der Waals surface area contributed by atoms with Gasteiger partial charge in [0, 0.05) is 17.6 Å². The van der Waals surface area contributed by atoms with E-state index >= 15 is 0 Å². The lowest BCUT2D eigenvalue weighted by Crippen LogP contribution is -2.49. The number of rotatable bonds is 8. The predicted molar refractivity (Wildman–Crippen MR) is 114 cm³/mol. The number of amides is 2. The Morgan fingerprint density at radius 3 is 2.23 bits per heavy atom. The van der Waals surface area contributed by atoms with Crippen LogP contribution in [0.3, 0.4) is 0 Å². The second-order valence-electron chi connectivity index (χ2n) is 8.60. The van der Waals surface area contributed by atoms with Crippen molar-refractivity contribution in [3.63, 3.8) is 0 Å². The zero-order valence-electron chi connectivity index (χ0n) is 18.7. The molecule has 2 atom stereocenters. The van der Waals surface area contributed by atoms with Crippen LogP contribution in [0.4, 0.5) is 0 Å². The number of ether oxygens (including phenoxy) is 2. The van der Waals surface area contributed by atoms with Crippen molar-refractivity contribution in [2.45, 2.75) is 77.9 Å². The molecule has 30 heavy (non-hydrogen) atoms. The van der Waals surface area contributed by atoms with Crippen molar-refractivity contribution in [2.75, 3.05) is 13.2 Å². The fourth-order valence-corrected chi connectivity index (χ4v) is 3.54. The van der Waals surface area contributed by atoms with Crippen LogP contribution in [0.15, 0.2) is 24.3 Å². The smallest absolute Gasteiger partial charge is 0.338 e. The van der Waals surface area contributed by atoms with E-state index in [1.807, 2.05) is 25.7 Å². The number of benzene rings is 1. The summed E-state index contributed by atoms with van der Waals surface area (Å²) in [7, 11) is 0. The molecule has 1 aliphatic heterocycles. The molecule has 1 N–H and O–H groups in total. The molecule has 0 aliphatic carbocycles. The summed E-state index contributed by atoms with van der Waals surface area (Å²) in [5.41, 5.74) is -0.0292. The fraction of sp³-hybridized carbons (Fsp3) is 0.609. The maximum Gasteiger partial charge on any atom is 0.338 e. The first-order valence-corrected chi connectivity index (χ1v) is 10.6. The van der Waals surface area contributed by atoms with Crippen LogP contribution in [0, 0.1) is 0 Å². The summed E-state index contributed by atoms with van der Waals surface area (Å²) in [5, 5.41) is 2.81. The Morgan fingerprint density at radius 1 is 1.07 bits per heavy atom. The van der Waals surface area contributed by atoms with Crippen molar-refractivity contribution in [1.29, 1.82) is 0 Å². The van der Waals surface area contributed by atoms with Gasteiger partial charge in [-0.3, -0.25) is 9.59 Å². The van der Waals surface area contributed by atoms with Crippen LogP contribution in [-0.2, 0) is 14.3 Å². The van der Waals surface area contributed by atoms with Gasteiger partial charge in [0.25, 0.3) is 11.8 Å². The maximum atomic E-state index is 12.5. The van der Waals surface area contributed by atoms with Crippen LogP contribution in [-0.4, -0.2) is 53.5 Å². The van der Waals surface area contributed by atoms with E-state index in [1.54, 1.807) is 24.3 Å². The van der Waals surface area contributed by atoms with Gasteiger partial charge in [0.15, 0.2) is 13.2 Å². The molecule has 0 radical (unpaired) electrons. The van der Waals surface area contributed by atoms with Gasteiger partial charge in [0.1, 0.15) is 5.75 Å². The van der Waals surface area contributed by atoms with Crippen LogP contribution < -0.4 is 10.1 Å². The minimum absolute atomic E-state index is 0.0285. The van der Waals surface area contributed by atoms with Crippen LogP contribution >= 0.6 is 0 Å². The summed E-state index contributed by atoms with van der Waals surface area (Å²) < 4.78 is 10.7. The molecule has 1 heterocycles. The first-order valence-electron chi connectivity index (χ1n) is 10.6. The average Bonchev–Trinajstić information content (AvgIpc) is 2.70. The molecule has 2 amide bonds. The number of carbonyl (C=O) groups is 3. The number of hydrogen-bond donors (Lipinski definition) is 1. The van der Waals surface area contributed by atoms with Crippen molar-refractivity contribution < 1.29 is 23.9 Å². The lowest BCUT2D eigenvalue weighted by atomic mass is 9.97. The summed E-state index contributed by atoms with van der Waals surface area (Å²) in [6.45, 7) is 9.55. The largest absolute Gasteiger partial charge is 0.484 e. The Hall–Kier alpha value is -2.57. The summed E-state index contributed by atoms with van der Waals surface area (Å²) in [6.07, 6.45) is 3.94. The Kier molecular flexibility index (Phi) is 8.26. The third-order valence-corrected chi connectivity index (χ3v) is 5.63. The number of carbonyl (C=O) groups excluding carboxylic acids is 3. The third kappa shape index (κ3) is 6.75. The molecule has 2 rings (SSSR count). The number of nitrogens with one attached hydrogen (secondary N) is 1. The van der Waals surface area contributed by atoms with Gasteiger partial charge in [0.2, 0.25) is 0 Å². The van der Waals surface area contributed by atoms with Crippen LogP contribution in [0.2, 0.25) is 0 Å². The first-order chi connectivity index (χ1) is 14.1. The molecule has 166 valence electrons. The molecular formula is C23H34N2O5. The Labute approximate surface area is 179 Å². The highest BCUT2D eigenvalue weighted by molar-refractivity contribution is 5.91. The monoisotopic (exact) mass is 418 g/mol. The molecule has 1 saturated heterocycles. The van der Waals surface area contributed by atoms with Crippen LogP contribution in [0.5, 0.6) is 5.75 Å². The van der Waals surface area contributed by atoms with Gasteiger partial charge in [-0.1, -0.05) is 6.92 Å². The summed E-state index contributed by atoms with van der Waals surface area (Å²) in [4.78, 5) is 38.5. The summed E-state index contributed by atoms with van der Waals surface area (Å²) in [6, 6.07) is 6.80. The zero-order valence-corrected chi connectivity index (χ0v) is 18.7. The van der Waals surface area contributed by atoms with E-state index in [9.17, 15) is 14.4 Å². The van der Waals surface area contributed by atoms with Crippen molar-refractivity contribution in [2.24, 2.45) is 0 Å². The van der Waals surface area contributed by atoms with Crippen LogP contribution in [0.25, 0.3) is 0 Å². The standard InChI is InChI=1S/C23H34N2O5/c1-6-23(4,5)24-20(26)14-30-22(28)18-10-12-19(13-11-18)29-15-21(27)25-16(2)8-7-9-17(25)3/h10-13,16-17H,6-9,14-15H2,1-5H3,(H,24,26). The highest BCUT2D eigenvalue weighted by Crippen LogP contribution is 2.23. The number of piperidine rings is 1. The quantitative estimate of drug-likeness (QED) is 0.655. The Morgan fingerprint density at radius 2 is 1.67 bits per heavy atom. The second kappa shape index (κ2) is 10.5. The average molecular weight is 419 g/mol. The van der Waals surface area contributed by atoms with E-state index in [-0.39, 0.29) is 42.7 Å². The summed E-state index contributed by atoms with van der Waals surface area (Å²) >= 11 is 0. The molecule has 1 aromatic rings. The van der Waals surface area contributed by atoms with Crippen molar-refractivity contribution in [3.8, 4) is 5.75 Å². The van der Waals surface area contributed by atoms with E-state index in [1.165, 1.54) is 0 Å². The molecule has 1 aliphatic rings. The SMILES string of the molecule is CCC(C)(C)NC(=O)COC(=O)c1ccc(OCC(=O)N2C(C)CCCC2C)cc1. The van der Waals surface area contributed by atoms with Gasteiger partial charge < -0.3 is 19.7 Å². The van der Waals surface area contributed by atoms with Crippen molar-refractivity contribution in [3.05, 3.63) is 29.8 Å². The lowest BCUT2D eigenvalue weighted by molar-refractivity contribution is -0.139. The van der Waals surface area contributed by atoms with Gasteiger partial charge in [-0.15, -0.1) is 0 Å². The minimum Gasteiger partial charge on any atom is -0.484 e. The second-order valence-corrected chi connectivity index (χ2v) is 8.60. The number of hydrogen-bond acceptors (Lipinski definition) is 5. The van der Waals surface area contributed by atoms with Gasteiger partial charge in [-0.2, -0.15) is 0 Å². The van der Waals surface area contributed by atoms with E-state index in [0.717, 1.165) is 25.7 Å². The maximum absolute atomic E-state index is 12.5. The van der Waals surface area contributed by atoms with E-state index in [0.29, 0.717) is 11.3 Å².